The number of rotatable bonds is 6. The highest BCUT2D eigenvalue weighted by atomic mass is 15.1. The fourth-order valence-electron chi connectivity index (χ4n) is 2.00. The Bertz CT molecular complexity index is 297. The Morgan fingerprint density at radius 3 is 2.56 bits per heavy atom. The lowest BCUT2D eigenvalue weighted by Crippen LogP contribution is -2.36. The maximum Gasteiger partial charge on any atom is 0.0626 e. The molecule has 0 aliphatic rings. The van der Waals surface area contributed by atoms with Crippen LogP contribution in [0.3, 0.4) is 0 Å². The third-order valence-corrected chi connectivity index (χ3v) is 2.79. The molecule has 0 saturated carbocycles. The standard InChI is InChI=1S/C12H24N4/c1-9(8-16(4)5)13-7-6-12-10(2)14-15-11(12)3/h9,13H,6-8H2,1-5H3,(H,14,15). The van der Waals surface area contributed by atoms with Gasteiger partial charge in [-0.3, -0.25) is 5.10 Å². The lowest BCUT2D eigenvalue weighted by molar-refractivity contribution is 0.351. The van der Waals surface area contributed by atoms with Crippen LogP contribution in [0.15, 0.2) is 0 Å². The van der Waals surface area contributed by atoms with Crippen molar-refractivity contribution in [3.8, 4) is 0 Å². The predicted molar refractivity (Wildman–Crippen MR) is 67.8 cm³/mol. The molecule has 0 saturated heterocycles. The number of hydrogen-bond donors (Lipinski definition) is 2. The van der Waals surface area contributed by atoms with E-state index < -0.39 is 0 Å². The minimum absolute atomic E-state index is 0.530. The average molecular weight is 224 g/mol. The van der Waals surface area contributed by atoms with E-state index in [9.17, 15) is 0 Å². The number of aryl methyl sites for hydroxylation is 2. The predicted octanol–water partition coefficient (Wildman–Crippen LogP) is 1.11. The summed E-state index contributed by atoms with van der Waals surface area (Å²) in [5.41, 5.74) is 3.67. The van der Waals surface area contributed by atoms with Crippen molar-refractivity contribution < 1.29 is 0 Å². The molecule has 1 unspecified atom stereocenters. The molecule has 0 amide bonds. The number of hydrogen-bond acceptors (Lipinski definition) is 3. The van der Waals surface area contributed by atoms with Crippen LogP contribution >= 0.6 is 0 Å². The first-order valence-corrected chi connectivity index (χ1v) is 5.89. The van der Waals surface area contributed by atoms with Gasteiger partial charge in [-0.25, -0.2) is 0 Å². The monoisotopic (exact) mass is 224 g/mol. The van der Waals surface area contributed by atoms with E-state index in [0.717, 1.165) is 25.2 Å². The zero-order chi connectivity index (χ0) is 12.1. The molecule has 4 nitrogen and oxygen atoms in total. The van der Waals surface area contributed by atoms with Crippen molar-refractivity contribution in [2.45, 2.75) is 33.2 Å². The molecule has 2 N–H and O–H groups in total. The Kier molecular flexibility index (Phi) is 4.96. The molecule has 1 aromatic rings. The topological polar surface area (TPSA) is 44.0 Å². The van der Waals surface area contributed by atoms with Gasteiger partial charge in [-0.1, -0.05) is 0 Å². The molecule has 92 valence electrons. The third kappa shape index (κ3) is 3.94. The van der Waals surface area contributed by atoms with Crippen molar-refractivity contribution in [2.75, 3.05) is 27.2 Å². The quantitative estimate of drug-likeness (QED) is 0.761. The second-order valence-corrected chi connectivity index (χ2v) is 4.78. The summed E-state index contributed by atoms with van der Waals surface area (Å²) in [6.07, 6.45) is 1.05. The Balaban J connectivity index is 2.30. The van der Waals surface area contributed by atoms with E-state index in [4.69, 9.17) is 0 Å². The molecular weight excluding hydrogens is 200 g/mol. The highest BCUT2D eigenvalue weighted by molar-refractivity contribution is 5.23. The summed E-state index contributed by atoms with van der Waals surface area (Å²) in [5, 5.41) is 10.7. The Morgan fingerprint density at radius 1 is 1.38 bits per heavy atom. The summed E-state index contributed by atoms with van der Waals surface area (Å²) in [6, 6.07) is 0.530. The summed E-state index contributed by atoms with van der Waals surface area (Å²) in [7, 11) is 4.20. The van der Waals surface area contributed by atoms with Crippen molar-refractivity contribution in [1.29, 1.82) is 0 Å². The van der Waals surface area contributed by atoms with Crippen LogP contribution in [0.4, 0.5) is 0 Å². The van der Waals surface area contributed by atoms with E-state index in [1.807, 2.05) is 0 Å². The smallest absolute Gasteiger partial charge is 0.0626 e. The van der Waals surface area contributed by atoms with Gasteiger partial charge in [0.05, 0.1) is 5.69 Å². The molecule has 0 fully saturated rings. The molecule has 16 heavy (non-hydrogen) atoms. The molecular formula is C12H24N4. The molecule has 1 heterocycles. The average Bonchev–Trinajstić information content (AvgIpc) is 2.47. The normalized spacial score (nSPS) is 13.4. The summed E-state index contributed by atoms with van der Waals surface area (Å²) in [6.45, 7) is 8.44. The molecule has 0 bridgehead atoms. The molecule has 0 aliphatic heterocycles. The second-order valence-electron chi connectivity index (χ2n) is 4.78. The lowest BCUT2D eigenvalue weighted by atomic mass is 10.1. The van der Waals surface area contributed by atoms with Crippen LogP contribution in [0, 0.1) is 13.8 Å². The number of H-pyrrole nitrogens is 1. The van der Waals surface area contributed by atoms with Crippen molar-refractivity contribution in [3.05, 3.63) is 17.0 Å². The van der Waals surface area contributed by atoms with Gasteiger partial charge >= 0.3 is 0 Å². The molecule has 4 heteroatoms. The Morgan fingerprint density at radius 2 is 2.06 bits per heavy atom. The maximum atomic E-state index is 4.20. The summed E-state index contributed by atoms with van der Waals surface area (Å²) < 4.78 is 0. The van der Waals surface area contributed by atoms with Crippen LogP contribution in [-0.2, 0) is 6.42 Å². The van der Waals surface area contributed by atoms with E-state index in [1.54, 1.807) is 0 Å². The third-order valence-electron chi connectivity index (χ3n) is 2.79. The molecule has 0 aliphatic carbocycles. The SMILES string of the molecule is Cc1n[nH]c(C)c1CCNC(C)CN(C)C. The van der Waals surface area contributed by atoms with E-state index in [1.165, 1.54) is 11.3 Å². The van der Waals surface area contributed by atoms with Crippen LogP contribution in [-0.4, -0.2) is 48.3 Å². The molecule has 0 radical (unpaired) electrons. The number of nitrogens with zero attached hydrogens (tertiary/aromatic N) is 2. The number of likely N-dealkylation sites (N-methyl/N-ethyl adjacent to an activating group) is 1. The number of aromatic amines is 1. The molecule has 1 aromatic heterocycles. The van der Waals surface area contributed by atoms with Crippen molar-refractivity contribution in [1.82, 2.24) is 20.4 Å². The zero-order valence-corrected chi connectivity index (χ0v) is 11.1. The van der Waals surface area contributed by atoms with E-state index in [0.29, 0.717) is 6.04 Å². The van der Waals surface area contributed by atoms with Crippen LogP contribution in [0.1, 0.15) is 23.9 Å². The first-order chi connectivity index (χ1) is 7.50. The molecule has 1 rings (SSSR count). The Labute approximate surface area is 98.4 Å². The number of nitrogens with one attached hydrogen (secondary N) is 2. The zero-order valence-electron chi connectivity index (χ0n) is 11.1. The van der Waals surface area contributed by atoms with Crippen LogP contribution in [0.25, 0.3) is 0 Å². The highest BCUT2D eigenvalue weighted by Crippen LogP contribution is 2.09. The van der Waals surface area contributed by atoms with Crippen LogP contribution in [0.5, 0.6) is 0 Å². The first-order valence-electron chi connectivity index (χ1n) is 5.89. The van der Waals surface area contributed by atoms with Crippen molar-refractivity contribution >= 4 is 0 Å². The van der Waals surface area contributed by atoms with Gasteiger partial charge in [0.1, 0.15) is 0 Å². The fourth-order valence-corrected chi connectivity index (χ4v) is 2.00. The van der Waals surface area contributed by atoms with Crippen LogP contribution < -0.4 is 5.32 Å². The van der Waals surface area contributed by atoms with Gasteiger partial charge in [-0.15, -0.1) is 0 Å². The van der Waals surface area contributed by atoms with Gasteiger partial charge < -0.3 is 10.2 Å². The number of aromatic nitrogens is 2. The minimum Gasteiger partial charge on any atom is -0.313 e. The van der Waals surface area contributed by atoms with Gasteiger partial charge in [0.2, 0.25) is 0 Å². The lowest BCUT2D eigenvalue weighted by Gasteiger charge is -2.18. The van der Waals surface area contributed by atoms with Crippen molar-refractivity contribution in [2.24, 2.45) is 0 Å². The molecule has 0 spiro atoms. The summed E-state index contributed by atoms with van der Waals surface area (Å²) >= 11 is 0. The summed E-state index contributed by atoms with van der Waals surface area (Å²) in [4.78, 5) is 2.20. The van der Waals surface area contributed by atoms with Gasteiger partial charge in [0.25, 0.3) is 0 Å². The van der Waals surface area contributed by atoms with Gasteiger partial charge in [0.15, 0.2) is 0 Å². The van der Waals surface area contributed by atoms with E-state index in [-0.39, 0.29) is 0 Å². The molecule has 0 aromatic carbocycles. The summed E-state index contributed by atoms with van der Waals surface area (Å²) in [5.74, 6) is 0. The first kappa shape index (κ1) is 13.2. The van der Waals surface area contributed by atoms with Gasteiger partial charge in [-0.2, -0.15) is 5.10 Å². The van der Waals surface area contributed by atoms with Gasteiger partial charge in [-0.05, 0) is 53.4 Å². The van der Waals surface area contributed by atoms with Gasteiger partial charge in [0, 0.05) is 18.3 Å². The Hall–Kier alpha value is -0.870. The highest BCUT2D eigenvalue weighted by Gasteiger charge is 2.07. The molecule has 1 atom stereocenters. The van der Waals surface area contributed by atoms with E-state index in [2.05, 4.69) is 55.3 Å². The van der Waals surface area contributed by atoms with Crippen LogP contribution in [0.2, 0.25) is 0 Å². The fraction of sp³-hybridized carbons (Fsp3) is 0.750. The largest absolute Gasteiger partial charge is 0.313 e. The second kappa shape index (κ2) is 6.01. The maximum absolute atomic E-state index is 4.20. The van der Waals surface area contributed by atoms with Crippen molar-refractivity contribution in [3.63, 3.8) is 0 Å². The van der Waals surface area contributed by atoms with E-state index >= 15 is 0 Å². The minimum atomic E-state index is 0.530.